The lowest BCUT2D eigenvalue weighted by molar-refractivity contribution is 0.992. The van der Waals surface area contributed by atoms with Crippen LogP contribution in [0.1, 0.15) is 22.4 Å². The standard InChI is InChI=1S/C16H17N7S3/c1-9-14(10(2)21-22-15(17)18)26-16(20-9)23-19-8-11-5-6-13(25-11)12-4-3-7-24-12/h3-8H,1-2H3,(H,20,23)(H4,17,18,22). The Morgan fingerprint density at radius 3 is 2.85 bits per heavy atom. The molecule has 0 aromatic carbocycles. The van der Waals surface area contributed by atoms with E-state index in [9.17, 15) is 0 Å². The molecule has 0 bridgehead atoms. The number of hydrogen-bond acceptors (Lipinski definition) is 8. The van der Waals surface area contributed by atoms with E-state index >= 15 is 0 Å². The van der Waals surface area contributed by atoms with Crippen molar-refractivity contribution in [1.29, 1.82) is 5.41 Å². The van der Waals surface area contributed by atoms with Gasteiger partial charge in [0, 0.05) is 14.6 Å². The van der Waals surface area contributed by atoms with Crippen molar-refractivity contribution in [3.8, 4) is 9.75 Å². The lowest BCUT2D eigenvalue weighted by Crippen LogP contribution is -2.26. The Morgan fingerprint density at radius 2 is 2.12 bits per heavy atom. The number of rotatable bonds is 6. The molecule has 7 nitrogen and oxygen atoms in total. The molecule has 26 heavy (non-hydrogen) atoms. The van der Waals surface area contributed by atoms with E-state index in [2.05, 4.69) is 49.6 Å². The Hall–Kier alpha value is -2.56. The normalized spacial score (nSPS) is 11.8. The van der Waals surface area contributed by atoms with Gasteiger partial charge in [0.25, 0.3) is 0 Å². The number of nitrogens with two attached hydrogens (primary N) is 1. The highest BCUT2D eigenvalue weighted by molar-refractivity contribution is 7.22. The molecule has 0 fully saturated rings. The SMILES string of the molecule is CC(=NNC(=N)N)c1sc(NN=Cc2ccc(-c3cccs3)s2)nc1C. The third-order valence-electron chi connectivity index (χ3n) is 3.21. The van der Waals surface area contributed by atoms with Crippen molar-refractivity contribution in [3.05, 3.63) is 45.1 Å². The smallest absolute Gasteiger partial charge is 0.206 e. The number of nitrogens with zero attached hydrogens (tertiary/aromatic N) is 3. The molecule has 3 rings (SSSR count). The quantitative estimate of drug-likeness (QED) is 0.284. The number of nitrogens with one attached hydrogen (secondary N) is 3. The maximum Gasteiger partial charge on any atom is 0.206 e. The molecule has 0 unspecified atom stereocenters. The molecule has 0 amide bonds. The highest BCUT2D eigenvalue weighted by atomic mass is 32.1. The monoisotopic (exact) mass is 403 g/mol. The summed E-state index contributed by atoms with van der Waals surface area (Å²) in [5.41, 5.74) is 12.2. The molecule has 0 saturated carbocycles. The number of guanidine groups is 1. The molecule has 0 atom stereocenters. The second-order valence-corrected chi connectivity index (χ2v) is 8.27. The first-order valence-electron chi connectivity index (χ1n) is 7.58. The van der Waals surface area contributed by atoms with Gasteiger partial charge in [-0.2, -0.15) is 10.2 Å². The molecule has 0 aliphatic rings. The molecule has 134 valence electrons. The molecule has 3 heterocycles. The second-order valence-electron chi connectivity index (χ2n) is 5.21. The number of thiazole rings is 1. The Kier molecular flexibility index (Phi) is 5.76. The van der Waals surface area contributed by atoms with Gasteiger partial charge in [0.2, 0.25) is 11.1 Å². The lowest BCUT2D eigenvalue weighted by atomic mass is 10.3. The number of hydrazone groups is 2. The summed E-state index contributed by atoms with van der Waals surface area (Å²) in [6.45, 7) is 3.74. The van der Waals surface area contributed by atoms with Crippen LogP contribution in [0.5, 0.6) is 0 Å². The van der Waals surface area contributed by atoms with Crippen LogP contribution < -0.4 is 16.6 Å². The van der Waals surface area contributed by atoms with Crippen LogP contribution in [0.3, 0.4) is 0 Å². The summed E-state index contributed by atoms with van der Waals surface area (Å²) in [6.07, 6.45) is 1.79. The molecule has 0 spiro atoms. The molecule has 3 aromatic rings. The molecule has 0 aliphatic heterocycles. The van der Waals surface area contributed by atoms with Crippen molar-refractivity contribution in [1.82, 2.24) is 10.4 Å². The third kappa shape index (κ3) is 4.54. The zero-order valence-corrected chi connectivity index (χ0v) is 16.6. The first kappa shape index (κ1) is 18.2. The number of aromatic nitrogens is 1. The van der Waals surface area contributed by atoms with Crippen LogP contribution in [0, 0.1) is 12.3 Å². The van der Waals surface area contributed by atoms with Crippen molar-refractivity contribution < 1.29 is 0 Å². The predicted molar refractivity (Wildman–Crippen MR) is 113 cm³/mol. The third-order valence-corrected chi connectivity index (χ3v) is 6.47. The van der Waals surface area contributed by atoms with Gasteiger partial charge in [-0.25, -0.2) is 10.4 Å². The van der Waals surface area contributed by atoms with Gasteiger partial charge in [0.05, 0.1) is 22.5 Å². The van der Waals surface area contributed by atoms with E-state index in [1.54, 1.807) is 28.9 Å². The van der Waals surface area contributed by atoms with Crippen LogP contribution in [-0.2, 0) is 0 Å². The van der Waals surface area contributed by atoms with Gasteiger partial charge >= 0.3 is 0 Å². The summed E-state index contributed by atoms with van der Waals surface area (Å²) in [7, 11) is 0. The average molecular weight is 404 g/mol. The van der Waals surface area contributed by atoms with Crippen molar-refractivity contribution in [2.75, 3.05) is 5.43 Å². The maximum atomic E-state index is 7.15. The fourth-order valence-electron chi connectivity index (χ4n) is 2.10. The first-order chi connectivity index (χ1) is 12.5. The molecular formula is C16H17N7S3. The summed E-state index contributed by atoms with van der Waals surface area (Å²) in [6, 6.07) is 8.31. The van der Waals surface area contributed by atoms with E-state index in [0.717, 1.165) is 15.4 Å². The fourth-order valence-corrected chi connectivity index (χ4v) is 4.67. The Labute approximate surface area is 162 Å². The van der Waals surface area contributed by atoms with Crippen LogP contribution in [0.2, 0.25) is 0 Å². The summed E-state index contributed by atoms with van der Waals surface area (Å²) in [4.78, 5) is 8.91. The fraction of sp³-hybridized carbons (Fsp3) is 0.125. The zero-order chi connectivity index (χ0) is 18.5. The average Bonchev–Trinajstić information content (AvgIpc) is 3.33. The Bertz CT molecular complexity index is 951. The van der Waals surface area contributed by atoms with Crippen molar-refractivity contribution in [2.45, 2.75) is 13.8 Å². The van der Waals surface area contributed by atoms with Crippen LogP contribution in [0.15, 0.2) is 39.8 Å². The molecule has 0 saturated heterocycles. The van der Waals surface area contributed by atoms with Crippen LogP contribution in [0.25, 0.3) is 9.75 Å². The van der Waals surface area contributed by atoms with Crippen molar-refractivity contribution >= 4 is 57.0 Å². The summed E-state index contributed by atoms with van der Waals surface area (Å²) in [5, 5.41) is 18.2. The minimum atomic E-state index is -0.202. The van der Waals surface area contributed by atoms with E-state index in [0.29, 0.717) is 10.8 Å². The molecule has 10 heteroatoms. The predicted octanol–water partition coefficient (Wildman–Crippen LogP) is 3.89. The maximum absolute atomic E-state index is 7.15. The minimum absolute atomic E-state index is 0.202. The van der Waals surface area contributed by atoms with E-state index in [4.69, 9.17) is 11.1 Å². The number of hydrogen-bond donors (Lipinski definition) is 4. The van der Waals surface area contributed by atoms with E-state index in [1.807, 2.05) is 19.9 Å². The van der Waals surface area contributed by atoms with Gasteiger partial charge < -0.3 is 5.73 Å². The van der Waals surface area contributed by atoms with Crippen LogP contribution in [-0.4, -0.2) is 22.9 Å². The summed E-state index contributed by atoms with van der Waals surface area (Å²) < 4.78 is 0. The first-order valence-corrected chi connectivity index (χ1v) is 10.1. The van der Waals surface area contributed by atoms with Crippen LogP contribution in [0.4, 0.5) is 5.13 Å². The van der Waals surface area contributed by atoms with Gasteiger partial charge in [-0.1, -0.05) is 17.4 Å². The molecular weight excluding hydrogens is 386 g/mol. The molecule has 3 aromatic heterocycles. The second kappa shape index (κ2) is 8.21. The van der Waals surface area contributed by atoms with Gasteiger partial charge in [0.1, 0.15) is 0 Å². The Morgan fingerprint density at radius 1 is 1.27 bits per heavy atom. The van der Waals surface area contributed by atoms with Crippen LogP contribution >= 0.6 is 34.0 Å². The van der Waals surface area contributed by atoms with Gasteiger partial charge in [-0.15, -0.1) is 22.7 Å². The van der Waals surface area contributed by atoms with Crippen molar-refractivity contribution in [2.24, 2.45) is 15.9 Å². The highest BCUT2D eigenvalue weighted by Crippen LogP contribution is 2.30. The Balaban J connectivity index is 1.65. The number of aryl methyl sites for hydroxylation is 1. The molecule has 0 aliphatic carbocycles. The van der Waals surface area contributed by atoms with E-state index < -0.39 is 0 Å². The van der Waals surface area contributed by atoms with E-state index in [-0.39, 0.29) is 5.96 Å². The van der Waals surface area contributed by atoms with Gasteiger partial charge in [-0.05, 0) is 37.4 Å². The number of thiophene rings is 2. The lowest BCUT2D eigenvalue weighted by Gasteiger charge is -1.98. The largest absolute Gasteiger partial charge is 0.369 e. The van der Waals surface area contributed by atoms with E-state index in [1.165, 1.54) is 21.1 Å². The van der Waals surface area contributed by atoms with Crippen molar-refractivity contribution in [3.63, 3.8) is 0 Å². The van der Waals surface area contributed by atoms with Gasteiger partial charge in [0.15, 0.2) is 0 Å². The molecule has 5 N–H and O–H groups in total. The topological polar surface area (TPSA) is 112 Å². The van der Waals surface area contributed by atoms with Gasteiger partial charge in [-0.3, -0.25) is 10.8 Å². The molecule has 0 radical (unpaired) electrons. The summed E-state index contributed by atoms with van der Waals surface area (Å²) >= 11 is 4.87. The number of anilines is 1. The summed E-state index contributed by atoms with van der Waals surface area (Å²) in [5.74, 6) is -0.202. The minimum Gasteiger partial charge on any atom is -0.369 e. The highest BCUT2D eigenvalue weighted by Gasteiger charge is 2.10. The zero-order valence-electron chi connectivity index (χ0n) is 14.1.